The number of rotatable bonds is 8. The number of carbonyl (C=O) groups is 2. The van der Waals surface area contributed by atoms with E-state index in [1.165, 1.54) is 12.8 Å². The van der Waals surface area contributed by atoms with Gasteiger partial charge >= 0.3 is 0 Å². The summed E-state index contributed by atoms with van der Waals surface area (Å²) in [6.45, 7) is 4.64. The molecule has 2 atom stereocenters. The molecular formula is C19H28N2O3. The van der Waals surface area contributed by atoms with Gasteiger partial charge in [0, 0.05) is 24.7 Å². The summed E-state index contributed by atoms with van der Waals surface area (Å²) in [5.41, 5.74) is 0.812. The van der Waals surface area contributed by atoms with Crippen molar-refractivity contribution in [3.05, 3.63) is 24.3 Å². The Morgan fingerprint density at radius 3 is 2.67 bits per heavy atom. The largest absolute Gasteiger partial charge is 0.497 e. The molecule has 5 nitrogen and oxygen atoms in total. The van der Waals surface area contributed by atoms with E-state index in [0.29, 0.717) is 6.54 Å². The van der Waals surface area contributed by atoms with E-state index >= 15 is 0 Å². The van der Waals surface area contributed by atoms with Crippen LogP contribution in [0.25, 0.3) is 0 Å². The van der Waals surface area contributed by atoms with Gasteiger partial charge in [-0.2, -0.15) is 0 Å². The van der Waals surface area contributed by atoms with Crippen molar-refractivity contribution in [3.8, 4) is 5.75 Å². The molecule has 1 saturated heterocycles. The average Bonchev–Trinajstić information content (AvgIpc) is 2.97. The van der Waals surface area contributed by atoms with E-state index in [1.807, 2.05) is 31.2 Å². The normalized spacial score (nSPS) is 18.5. The third kappa shape index (κ3) is 4.73. The Kier molecular flexibility index (Phi) is 6.64. The van der Waals surface area contributed by atoms with Gasteiger partial charge in [-0.15, -0.1) is 0 Å². The highest BCUT2D eigenvalue weighted by molar-refractivity contribution is 6.00. The van der Waals surface area contributed by atoms with Gasteiger partial charge in [-0.05, 0) is 37.6 Å². The average molecular weight is 332 g/mol. The predicted molar refractivity (Wildman–Crippen MR) is 95.2 cm³/mol. The molecule has 2 unspecified atom stereocenters. The quantitative estimate of drug-likeness (QED) is 0.744. The van der Waals surface area contributed by atoms with Gasteiger partial charge in [0.05, 0.1) is 13.0 Å². The number of carbonyl (C=O) groups excluding carboxylic acids is 2. The minimum atomic E-state index is -0.270. The van der Waals surface area contributed by atoms with Crippen molar-refractivity contribution in [2.45, 2.75) is 52.0 Å². The minimum Gasteiger partial charge on any atom is -0.497 e. The van der Waals surface area contributed by atoms with Crippen molar-refractivity contribution in [1.29, 1.82) is 0 Å². The zero-order valence-electron chi connectivity index (χ0n) is 14.9. The van der Waals surface area contributed by atoms with Crippen LogP contribution in [0, 0.1) is 5.92 Å². The third-order valence-electron chi connectivity index (χ3n) is 4.51. The number of hydrogen-bond acceptors (Lipinski definition) is 3. The Bertz CT molecular complexity index is 556. The van der Waals surface area contributed by atoms with E-state index in [4.69, 9.17) is 4.74 Å². The van der Waals surface area contributed by atoms with Gasteiger partial charge in [0.15, 0.2) is 0 Å². The monoisotopic (exact) mass is 332 g/mol. The summed E-state index contributed by atoms with van der Waals surface area (Å²) in [6, 6.07) is 7.51. The van der Waals surface area contributed by atoms with Crippen LogP contribution in [0.2, 0.25) is 0 Å². The number of anilines is 1. The zero-order valence-corrected chi connectivity index (χ0v) is 14.9. The van der Waals surface area contributed by atoms with Crippen LogP contribution in [0.1, 0.15) is 46.0 Å². The van der Waals surface area contributed by atoms with Crippen molar-refractivity contribution in [2.75, 3.05) is 18.6 Å². The molecule has 2 rings (SSSR count). The zero-order chi connectivity index (χ0) is 17.5. The van der Waals surface area contributed by atoms with Crippen LogP contribution in [0.15, 0.2) is 24.3 Å². The molecule has 0 aliphatic carbocycles. The number of benzene rings is 1. The van der Waals surface area contributed by atoms with E-state index in [2.05, 4.69) is 12.2 Å². The van der Waals surface area contributed by atoms with E-state index in [-0.39, 0.29) is 30.2 Å². The molecule has 2 amide bonds. The SMILES string of the molecule is CCCCCC(C)NC(=O)C1CC(=O)N(c2ccc(OC)cc2)C1. The fraction of sp³-hybridized carbons (Fsp3) is 0.579. The van der Waals surface area contributed by atoms with Crippen LogP contribution in [0.4, 0.5) is 5.69 Å². The van der Waals surface area contributed by atoms with Crippen LogP contribution in [-0.4, -0.2) is 31.5 Å². The molecule has 1 heterocycles. The maximum atomic E-state index is 12.4. The highest BCUT2D eigenvalue weighted by atomic mass is 16.5. The number of nitrogens with one attached hydrogen (secondary N) is 1. The second-order valence-corrected chi connectivity index (χ2v) is 6.51. The number of hydrogen-bond donors (Lipinski definition) is 1. The number of ether oxygens (including phenoxy) is 1. The predicted octanol–water partition coefficient (Wildman–Crippen LogP) is 3.13. The Morgan fingerprint density at radius 1 is 1.33 bits per heavy atom. The molecule has 1 aromatic carbocycles. The molecule has 24 heavy (non-hydrogen) atoms. The first-order chi connectivity index (χ1) is 11.5. The van der Waals surface area contributed by atoms with E-state index in [1.54, 1.807) is 12.0 Å². The van der Waals surface area contributed by atoms with E-state index in [0.717, 1.165) is 24.3 Å². The smallest absolute Gasteiger partial charge is 0.227 e. The summed E-state index contributed by atoms with van der Waals surface area (Å²) in [5, 5.41) is 3.05. The van der Waals surface area contributed by atoms with Crippen LogP contribution >= 0.6 is 0 Å². The molecule has 0 radical (unpaired) electrons. The summed E-state index contributed by atoms with van der Waals surface area (Å²) in [4.78, 5) is 26.3. The lowest BCUT2D eigenvalue weighted by Gasteiger charge is -2.18. The highest BCUT2D eigenvalue weighted by Crippen LogP contribution is 2.27. The highest BCUT2D eigenvalue weighted by Gasteiger charge is 2.35. The van der Waals surface area contributed by atoms with E-state index < -0.39 is 0 Å². The van der Waals surface area contributed by atoms with Crippen LogP contribution in [0.3, 0.4) is 0 Å². The van der Waals surface area contributed by atoms with E-state index in [9.17, 15) is 9.59 Å². The van der Waals surface area contributed by atoms with Gasteiger partial charge in [-0.1, -0.05) is 26.2 Å². The third-order valence-corrected chi connectivity index (χ3v) is 4.51. The number of nitrogens with zero attached hydrogens (tertiary/aromatic N) is 1. The fourth-order valence-corrected chi connectivity index (χ4v) is 3.03. The van der Waals surface area contributed by atoms with Crippen molar-refractivity contribution in [1.82, 2.24) is 5.32 Å². The first kappa shape index (κ1) is 18.3. The molecule has 0 spiro atoms. The fourth-order valence-electron chi connectivity index (χ4n) is 3.03. The number of methoxy groups -OCH3 is 1. The summed E-state index contributed by atoms with van der Waals surface area (Å²) in [6.07, 6.45) is 4.75. The molecule has 0 aromatic heterocycles. The summed E-state index contributed by atoms with van der Waals surface area (Å²) < 4.78 is 5.13. The minimum absolute atomic E-state index is 0.000970. The standard InChI is InChI=1S/C19H28N2O3/c1-4-5-6-7-14(2)20-19(23)15-12-18(22)21(13-15)16-8-10-17(24-3)11-9-16/h8-11,14-15H,4-7,12-13H2,1-3H3,(H,20,23). The molecule has 1 N–H and O–H groups in total. The molecule has 132 valence electrons. The topological polar surface area (TPSA) is 58.6 Å². The van der Waals surface area contributed by atoms with Gasteiger partial charge < -0.3 is 15.0 Å². The first-order valence-corrected chi connectivity index (χ1v) is 8.80. The Balaban J connectivity index is 1.89. The van der Waals surface area contributed by atoms with Crippen molar-refractivity contribution in [2.24, 2.45) is 5.92 Å². The summed E-state index contributed by atoms with van der Waals surface area (Å²) in [5.74, 6) is 0.469. The maximum Gasteiger partial charge on any atom is 0.227 e. The number of unbranched alkanes of at least 4 members (excludes halogenated alkanes) is 2. The van der Waals surface area contributed by atoms with Crippen LogP contribution < -0.4 is 15.0 Å². The first-order valence-electron chi connectivity index (χ1n) is 8.80. The Morgan fingerprint density at radius 2 is 2.04 bits per heavy atom. The van der Waals surface area contributed by atoms with Crippen molar-refractivity contribution < 1.29 is 14.3 Å². The van der Waals surface area contributed by atoms with Gasteiger partial charge in [-0.3, -0.25) is 9.59 Å². The molecule has 1 fully saturated rings. The van der Waals surface area contributed by atoms with Gasteiger partial charge in [-0.25, -0.2) is 0 Å². The van der Waals surface area contributed by atoms with Crippen LogP contribution in [0.5, 0.6) is 5.75 Å². The molecule has 0 saturated carbocycles. The molecular weight excluding hydrogens is 304 g/mol. The molecule has 0 bridgehead atoms. The second-order valence-electron chi connectivity index (χ2n) is 6.51. The lowest BCUT2D eigenvalue weighted by Crippen LogP contribution is -2.38. The molecule has 5 heteroatoms. The van der Waals surface area contributed by atoms with Crippen LogP contribution in [-0.2, 0) is 9.59 Å². The van der Waals surface area contributed by atoms with Gasteiger partial charge in [0.2, 0.25) is 11.8 Å². The Hall–Kier alpha value is -2.04. The lowest BCUT2D eigenvalue weighted by atomic mass is 10.1. The number of amides is 2. The molecule has 1 aromatic rings. The Labute approximate surface area is 144 Å². The van der Waals surface area contributed by atoms with Crippen molar-refractivity contribution in [3.63, 3.8) is 0 Å². The van der Waals surface area contributed by atoms with Gasteiger partial charge in [0.1, 0.15) is 5.75 Å². The molecule has 1 aliphatic rings. The van der Waals surface area contributed by atoms with Crippen molar-refractivity contribution >= 4 is 17.5 Å². The molecule has 1 aliphatic heterocycles. The van der Waals surface area contributed by atoms with Gasteiger partial charge in [0.25, 0.3) is 0 Å². The summed E-state index contributed by atoms with van der Waals surface area (Å²) in [7, 11) is 1.61. The lowest BCUT2D eigenvalue weighted by molar-refractivity contribution is -0.126. The maximum absolute atomic E-state index is 12.4. The summed E-state index contributed by atoms with van der Waals surface area (Å²) >= 11 is 0. The second kappa shape index (κ2) is 8.71.